The SMILES string of the molecule is CCN(CC1CCC1)c1ccc(CNCCOC)c(Br)c1. The Morgan fingerprint density at radius 2 is 2.19 bits per heavy atom. The maximum Gasteiger partial charge on any atom is 0.0587 e. The standard InChI is InChI=1S/C17H27BrN2O/c1-3-20(13-14-5-4-6-14)16-8-7-15(17(18)11-16)12-19-9-10-21-2/h7-8,11,14,19H,3-6,9-10,12-13H2,1-2H3. The lowest BCUT2D eigenvalue weighted by Gasteiger charge is -2.33. The molecule has 1 aromatic rings. The van der Waals surface area contributed by atoms with Crippen molar-refractivity contribution >= 4 is 21.6 Å². The highest BCUT2D eigenvalue weighted by atomic mass is 79.9. The van der Waals surface area contributed by atoms with Gasteiger partial charge in [0, 0.05) is 43.4 Å². The van der Waals surface area contributed by atoms with Gasteiger partial charge in [0.15, 0.2) is 0 Å². The smallest absolute Gasteiger partial charge is 0.0587 e. The van der Waals surface area contributed by atoms with Crippen LogP contribution in [0.4, 0.5) is 5.69 Å². The second-order valence-corrected chi connectivity index (χ2v) is 6.64. The summed E-state index contributed by atoms with van der Waals surface area (Å²) in [6.07, 6.45) is 4.22. The van der Waals surface area contributed by atoms with Crippen LogP contribution < -0.4 is 10.2 Å². The fraction of sp³-hybridized carbons (Fsp3) is 0.647. The van der Waals surface area contributed by atoms with Crippen molar-refractivity contribution in [2.75, 3.05) is 38.3 Å². The molecule has 21 heavy (non-hydrogen) atoms. The molecule has 118 valence electrons. The molecule has 0 bridgehead atoms. The van der Waals surface area contributed by atoms with Crippen LogP contribution in [-0.2, 0) is 11.3 Å². The lowest BCUT2D eigenvalue weighted by Crippen LogP contribution is -2.32. The zero-order valence-electron chi connectivity index (χ0n) is 13.2. The molecule has 0 radical (unpaired) electrons. The summed E-state index contributed by atoms with van der Waals surface area (Å²) in [5, 5.41) is 3.39. The molecule has 4 heteroatoms. The normalized spacial score (nSPS) is 15.0. The summed E-state index contributed by atoms with van der Waals surface area (Å²) in [5.41, 5.74) is 2.63. The third-order valence-electron chi connectivity index (χ3n) is 4.29. The summed E-state index contributed by atoms with van der Waals surface area (Å²) in [6.45, 7) is 7.03. The molecule has 1 aliphatic rings. The van der Waals surface area contributed by atoms with Crippen LogP contribution in [0.2, 0.25) is 0 Å². The molecule has 0 heterocycles. The number of nitrogens with zero attached hydrogens (tertiary/aromatic N) is 1. The van der Waals surface area contributed by atoms with E-state index in [1.54, 1.807) is 7.11 Å². The predicted molar refractivity (Wildman–Crippen MR) is 93.0 cm³/mol. The van der Waals surface area contributed by atoms with Crippen molar-refractivity contribution in [1.29, 1.82) is 0 Å². The fourth-order valence-corrected chi connectivity index (χ4v) is 3.18. The van der Waals surface area contributed by atoms with Crippen molar-refractivity contribution in [3.05, 3.63) is 28.2 Å². The van der Waals surface area contributed by atoms with E-state index in [0.29, 0.717) is 0 Å². The average Bonchev–Trinajstić information content (AvgIpc) is 2.44. The third kappa shape index (κ3) is 4.97. The number of benzene rings is 1. The van der Waals surface area contributed by atoms with E-state index in [4.69, 9.17) is 4.74 Å². The molecule has 0 unspecified atom stereocenters. The first-order valence-electron chi connectivity index (χ1n) is 7.97. The van der Waals surface area contributed by atoms with Gasteiger partial charge >= 0.3 is 0 Å². The van der Waals surface area contributed by atoms with Gasteiger partial charge in [-0.25, -0.2) is 0 Å². The van der Waals surface area contributed by atoms with E-state index < -0.39 is 0 Å². The number of ether oxygens (including phenoxy) is 1. The molecule has 0 spiro atoms. The van der Waals surface area contributed by atoms with Gasteiger partial charge in [-0.1, -0.05) is 28.4 Å². The van der Waals surface area contributed by atoms with Gasteiger partial charge in [-0.15, -0.1) is 0 Å². The molecule has 1 aromatic carbocycles. The van der Waals surface area contributed by atoms with Crippen LogP contribution >= 0.6 is 15.9 Å². The monoisotopic (exact) mass is 354 g/mol. The Labute approximate surface area is 137 Å². The van der Waals surface area contributed by atoms with Gasteiger partial charge in [0.1, 0.15) is 0 Å². The molecule has 0 aromatic heterocycles. The van der Waals surface area contributed by atoms with E-state index in [9.17, 15) is 0 Å². The van der Waals surface area contributed by atoms with Crippen molar-refractivity contribution in [1.82, 2.24) is 5.32 Å². The zero-order valence-corrected chi connectivity index (χ0v) is 14.8. The highest BCUT2D eigenvalue weighted by Gasteiger charge is 2.20. The Kier molecular flexibility index (Phi) is 7.00. The second-order valence-electron chi connectivity index (χ2n) is 5.78. The van der Waals surface area contributed by atoms with E-state index in [2.05, 4.69) is 51.3 Å². The molecular weight excluding hydrogens is 328 g/mol. The number of hydrogen-bond donors (Lipinski definition) is 1. The number of halogens is 1. The van der Waals surface area contributed by atoms with Crippen LogP contribution in [0.25, 0.3) is 0 Å². The van der Waals surface area contributed by atoms with Gasteiger partial charge in [-0.05, 0) is 43.4 Å². The summed E-state index contributed by atoms with van der Waals surface area (Å²) in [5.74, 6) is 0.902. The van der Waals surface area contributed by atoms with Crippen LogP contribution in [0.5, 0.6) is 0 Å². The Morgan fingerprint density at radius 1 is 1.38 bits per heavy atom. The molecule has 3 nitrogen and oxygen atoms in total. The number of nitrogens with one attached hydrogen (secondary N) is 1. The van der Waals surface area contributed by atoms with Crippen LogP contribution in [0.3, 0.4) is 0 Å². The summed E-state index contributed by atoms with van der Waals surface area (Å²) in [6, 6.07) is 6.73. The molecule has 0 saturated heterocycles. The third-order valence-corrected chi connectivity index (χ3v) is 5.02. The maximum absolute atomic E-state index is 5.05. The minimum Gasteiger partial charge on any atom is -0.383 e. The quantitative estimate of drug-likeness (QED) is 0.682. The molecule has 0 amide bonds. The molecule has 1 saturated carbocycles. The number of methoxy groups -OCH3 is 1. The van der Waals surface area contributed by atoms with Gasteiger partial charge in [-0.2, -0.15) is 0 Å². The van der Waals surface area contributed by atoms with E-state index in [1.807, 2.05) is 0 Å². The summed E-state index contributed by atoms with van der Waals surface area (Å²) in [4.78, 5) is 2.50. The van der Waals surface area contributed by atoms with Gasteiger partial charge in [-0.3, -0.25) is 0 Å². The first-order chi connectivity index (χ1) is 10.2. The second kappa shape index (κ2) is 8.76. The molecule has 2 rings (SSSR count). The van der Waals surface area contributed by atoms with Crippen molar-refractivity contribution < 1.29 is 4.74 Å². The molecule has 0 aliphatic heterocycles. The first-order valence-corrected chi connectivity index (χ1v) is 8.77. The fourth-order valence-electron chi connectivity index (χ4n) is 2.68. The summed E-state index contributed by atoms with van der Waals surface area (Å²) in [7, 11) is 1.73. The number of rotatable bonds is 9. The Hall–Kier alpha value is -0.580. The van der Waals surface area contributed by atoms with Crippen LogP contribution in [0, 0.1) is 5.92 Å². The lowest BCUT2D eigenvalue weighted by atomic mass is 9.85. The Balaban J connectivity index is 1.92. The first kappa shape index (κ1) is 16.8. The van der Waals surface area contributed by atoms with Crippen LogP contribution in [0.1, 0.15) is 31.7 Å². The highest BCUT2D eigenvalue weighted by Crippen LogP contribution is 2.30. The number of anilines is 1. The topological polar surface area (TPSA) is 24.5 Å². The predicted octanol–water partition coefficient (Wildman–Crippen LogP) is 3.81. The molecule has 1 aliphatic carbocycles. The highest BCUT2D eigenvalue weighted by molar-refractivity contribution is 9.10. The van der Waals surface area contributed by atoms with E-state index in [0.717, 1.165) is 32.2 Å². The zero-order chi connectivity index (χ0) is 15.1. The van der Waals surface area contributed by atoms with E-state index in [-0.39, 0.29) is 0 Å². The minimum atomic E-state index is 0.751. The van der Waals surface area contributed by atoms with Crippen LogP contribution in [-0.4, -0.2) is 33.4 Å². The van der Waals surface area contributed by atoms with Gasteiger partial charge in [0.05, 0.1) is 6.61 Å². The average molecular weight is 355 g/mol. The number of hydrogen-bond acceptors (Lipinski definition) is 3. The molecule has 0 atom stereocenters. The van der Waals surface area contributed by atoms with Gasteiger partial charge in [0.2, 0.25) is 0 Å². The summed E-state index contributed by atoms with van der Waals surface area (Å²) >= 11 is 3.71. The van der Waals surface area contributed by atoms with Crippen LogP contribution in [0.15, 0.2) is 22.7 Å². The molecule has 1 fully saturated rings. The van der Waals surface area contributed by atoms with Crippen molar-refractivity contribution in [3.63, 3.8) is 0 Å². The van der Waals surface area contributed by atoms with E-state index in [1.165, 1.54) is 41.5 Å². The van der Waals surface area contributed by atoms with Crippen molar-refractivity contribution in [3.8, 4) is 0 Å². The van der Waals surface area contributed by atoms with Gasteiger partial charge < -0.3 is 15.0 Å². The summed E-state index contributed by atoms with van der Waals surface area (Å²) < 4.78 is 6.24. The van der Waals surface area contributed by atoms with Crippen molar-refractivity contribution in [2.24, 2.45) is 5.92 Å². The molecule has 1 N–H and O–H groups in total. The molecular formula is C17H27BrN2O. The van der Waals surface area contributed by atoms with Crippen molar-refractivity contribution in [2.45, 2.75) is 32.7 Å². The van der Waals surface area contributed by atoms with Gasteiger partial charge in [0.25, 0.3) is 0 Å². The lowest BCUT2D eigenvalue weighted by molar-refractivity contribution is 0.199. The minimum absolute atomic E-state index is 0.751. The Bertz CT molecular complexity index is 435. The maximum atomic E-state index is 5.05. The van der Waals surface area contributed by atoms with E-state index >= 15 is 0 Å². The largest absolute Gasteiger partial charge is 0.383 e. The Morgan fingerprint density at radius 3 is 2.76 bits per heavy atom.